The lowest BCUT2D eigenvalue weighted by Gasteiger charge is -2.12. The molecular weight excluding hydrogens is 427 g/mol. The predicted octanol–water partition coefficient (Wildman–Crippen LogP) is 5.13. The highest BCUT2D eigenvalue weighted by molar-refractivity contribution is 7.91. The van der Waals surface area contributed by atoms with Crippen molar-refractivity contribution in [2.24, 2.45) is 0 Å². The third kappa shape index (κ3) is 22.7. The number of rotatable bonds is 22. The van der Waals surface area contributed by atoms with Crippen LogP contribution in [0.25, 0.3) is 0 Å². The van der Waals surface area contributed by atoms with E-state index < -0.39 is 36.1 Å². The SMILES string of the molecule is CCCCCCCCCCCCCCCCCCS(=O)(=O)CC(O)COP(=O)(O)O. The van der Waals surface area contributed by atoms with E-state index in [0.717, 1.165) is 19.3 Å². The maximum Gasteiger partial charge on any atom is 0.469 e. The number of hydrogen-bond donors (Lipinski definition) is 3. The number of phosphoric acid groups is 1. The third-order valence-electron chi connectivity index (χ3n) is 5.19. The summed E-state index contributed by atoms with van der Waals surface area (Å²) in [7, 11) is -8.15. The van der Waals surface area contributed by atoms with Crippen LogP contribution < -0.4 is 0 Å². The van der Waals surface area contributed by atoms with Crippen LogP contribution in [0.1, 0.15) is 110 Å². The first-order valence-corrected chi connectivity index (χ1v) is 15.1. The van der Waals surface area contributed by atoms with Crippen LogP contribution in [0.5, 0.6) is 0 Å². The summed E-state index contributed by atoms with van der Waals surface area (Å²) in [4.78, 5) is 17.1. The Morgan fingerprint density at radius 3 is 1.47 bits per heavy atom. The summed E-state index contributed by atoms with van der Waals surface area (Å²) in [5.74, 6) is -0.551. The molecule has 0 fully saturated rings. The van der Waals surface area contributed by atoms with Gasteiger partial charge in [0.05, 0.1) is 24.2 Å². The molecule has 1 atom stereocenters. The van der Waals surface area contributed by atoms with Crippen molar-refractivity contribution in [1.82, 2.24) is 0 Å². The van der Waals surface area contributed by atoms with Crippen molar-refractivity contribution in [2.75, 3.05) is 18.1 Å². The first-order chi connectivity index (χ1) is 14.2. The van der Waals surface area contributed by atoms with Gasteiger partial charge < -0.3 is 14.9 Å². The predicted molar refractivity (Wildman–Crippen MR) is 122 cm³/mol. The molecule has 0 bridgehead atoms. The van der Waals surface area contributed by atoms with Crippen LogP contribution in [0, 0.1) is 0 Å². The topological polar surface area (TPSA) is 121 Å². The van der Waals surface area contributed by atoms with Crippen molar-refractivity contribution in [1.29, 1.82) is 0 Å². The van der Waals surface area contributed by atoms with E-state index in [0.29, 0.717) is 6.42 Å². The van der Waals surface area contributed by atoms with Gasteiger partial charge in [0.1, 0.15) is 0 Å². The Hall–Kier alpha value is 0.0200. The van der Waals surface area contributed by atoms with Gasteiger partial charge in [0.2, 0.25) is 0 Å². The van der Waals surface area contributed by atoms with E-state index in [9.17, 15) is 18.1 Å². The molecule has 182 valence electrons. The van der Waals surface area contributed by atoms with Gasteiger partial charge in [-0.2, -0.15) is 0 Å². The van der Waals surface area contributed by atoms with Crippen molar-refractivity contribution in [3.63, 3.8) is 0 Å². The molecular formula is C21H45O7PS. The van der Waals surface area contributed by atoms with Crippen LogP contribution in [-0.2, 0) is 18.9 Å². The van der Waals surface area contributed by atoms with E-state index in [1.807, 2.05) is 0 Å². The van der Waals surface area contributed by atoms with E-state index in [2.05, 4.69) is 11.4 Å². The Balaban J connectivity index is 3.45. The van der Waals surface area contributed by atoms with Crippen LogP contribution in [-0.4, -0.2) is 47.5 Å². The lowest BCUT2D eigenvalue weighted by Crippen LogP contribution is -2.26. The molecule has 0 amide bonds. The maximum absolute atomic E-state index is 11.9. The zero-order valence-corrected chi connectivity index (χ0v) is 20.6. The molecule has 0 saturated heterocycles. The third-order valence-corrected chi connectivity index (χ3v) is 7.48. The van der Waals surface area contributed by atoms with Crippen LogP contribution in [0.2, 0.25) is 0 Å². The average molecular weight is 473 g/mol. The molecule has 3 N–H and O–H groups in total. The molecule has 30 heavy (non-hydrogen) atoms. The van der Waals surface area contributed by atoms with Crippen LogP contribution >= 0.6 is 7.82 Å². The molecule has 0 aliphatic rings. The summed E-state index contributed by atoms with van der Waals surface area (Å²) in [6.07, 6.45) is 18.1. The van der Waals surface area contributed by atoms with E-state index >= 15 is 0 Å². The second-order valence-electron chi connectivity index (χ2n) is 8.36. The zero-order valence-electron chi connectivity index (χ0n) is 18.8. The maximum atomic E-state index is 11.9. The highest BCUT2D eigenvalue weighted by Gasteiger charge is 2.21. The molecule has 0 aliphatic carbocycles. The number of unbranched alkanes of at least 4 members (excludes halogenated alkanes) is 15. The fourth-order valence-electron chi connectivity index (χ4n) is 3.48. The van der Waals surface area contributed by atoms with E-state index in [1.54, 1.807) is 0 Å². The Morgan fingerprint density at radius 1 is 0.733 bits per heavy atom. The van der Waals surface area contributed by atoms with Crippen LogP contribution in [0.3, 0.4) is 0 Å². The minimum absolute atomic E-state index is 0.0155. The van der Waals surface area contributed by atoms with Gasteiger partial charge in [-0.15, -0.1) is 0 Å². The van der Waals surface area contributed by atoms with Gasteiger partial charge >= 0.3 is 7.82 Å². The van der Waals surface area contributed by atoms with Crippen LogP contribution in [0.4, 0.5) is 0 Å². The summed E-state index contributed by atoms with van der Waals surface area (Å²) < 4.78 is 38.5. The molecule has 0 saturated carbocycles. The smallest absolute Gasteiger partial charge is 0.390 e. The number of aliphatic hydroxyl groups is 1. The second kappa shape index (κ2) is 18.6. The minimum Gasteiger partial charge on any atom is -0.390 e. The fourth-order valence-corrected chi connectivity index (χ4v) is 5.34. The average Bonchev–Trinajstić information content (AvgIpc) is 2.65. The molecule has 0 aliphatic heterocycles. The second-order valence-corrected chi connectivity index (χ2v) is 11.8. The first kappa shape index (κ1) is 30.0. The molecule has 0 aromatic rings. The molecule has 0 aromatic heterocycles. The normalized spacial score (nSPS) is 13.6. The number of hydrogen-bond acceptors (Lipinski definition) is 5. The highest BCUT2D eigenvalue weighted by Crippen LogP contribution is 2.35. The Morgan fingerprint density at radius 2 is 1.10 bits per heavy atom. The van der Waals surface area contributed by atoms with Crippen molar-refractivity contribution in [3.8, 4) is 0 Å². The van der Waals surface area contributed by atoms with Gasteiger partial charge in [-0.25, -0.2) is 13.0 Å². The van der Waals surface area contributed by atoms with Gasteiger partial charge in [-0.1, -0.05) is 103 Å². The zero-order chi connectivity index (χ0) is 22.7. The lowest BCUT2D eigenvalue weighted by atomic mass is 10.0. The minimum atomic E-state index is -4.69. The molecule has 0 radical (unpaired) electrons. The van der Waals surface area contributed by atoms with Crippen LogP contribution in [0.15, 0.2) is 0 Å². The number of sulfone groups is 1. The number of phosphoric ester groups is 1. The van der Waals surface area contributed by atoms with E-state index in [1.165, 1.54) is 77.0 Å². The Kier molecular flexibility index (Phi) is 18.6. The number of aliphatic hydroxyl groups excluding tert-OH is 1. The van der Waals surface area contributed by atoms with Gasteiger partial charge in [-0.3, -0.25) is 4.52 Å². The monoisotopic (exact) mass is 472 g/mol. The summed E-state index contributed by atoms with van der Waals surface area (Å²) in [5.41, 5.74) is 0. The van der Waals surface area contributed by atoms with Gasteiger partial charge in [0.15, 0.2) is 9.84 Å². The summed E-state index contributed by atoms with van der Waals surface area (Å²) in [6, 6.07) is 0. The van der Waals surface area contributed by atoms with Crippen molar-refractivity contribution < 1.29 is 32.4 Å². The van der Waals surface area contributed by atoms with Crippen molar-refractivity contribution >= 4 is 17.7 Å². The molecule has 7 nitrogen and oxygen atoms in total. The Bertz CT molecular complexity index is 533. The van der Waals surface area contributed by atoms with Crippen molar-refractivity contribution in [2.45, 2.75) is 116 Å². The fraction of sp³-hybridized carbons (Fsp3) is 1.00. The quantitative estimate of drug-likeness (QED) is 0.147. The molecule has 9 heteroatoms. The first-order valence-electron chi connectivity index (χ1n) is 11.7. The van der Waals surface area contributed by atoms with Gasteiger partial charge in [0.25, 0.3) is 0 Å². The molecule has 0 heterocycles. The van der Waals surface area contributed by atoms with Crippen molar-refractivity contribution in [3.05, 3.63) is 0 Å². The largest absolute Gasteiger partial charge is 0.469 e. The van der Waals surface area contributed by atoms with E-state index in [4.69, 9.17) is 9.79 Å². The summed E-state index contributed by atoms with van der Waals surface area (Å²) >= 11 is 0. The van der Waals surface area contributed by atoms with Gasteiger partial charge in [-0.05, 0) is 6.42 Å². The molecule has 0 aromatic carbocycles. The Labute approximate surface area is 184 Å². The molecule has 0 spiro atoms. The summed E-state index contributed by atoms with van der Waals surface area (Å²) in [5, 5.41) is 9.54. The highest BCUT2D eigenvalue weighted by atomic mass is 32.2. The molecule has 1 unspecified atom stereocenters. The lowest BCUT2D eigenvalue weighted by molar-refractivity contribution is 0.0985. The summed E-state index contributed by atoms with van der Waals surface area (Å²) in [6.45, 7) is 1.56. The standard InChI is InChI=1S/C21H45O7PS/c1-2-3-4-5-6-7-8-9-10-11-12-13-14-15-16-17-18-30(26,27)20-21(22)19-28-29(23,24)25/h21-22H,2-20H2,1H3,(H2,23,24,25). The molecule has 0 rings (SSSR count). The van der Waals surface area contributed by atoms with E-state index in [-0.39, 0.29) is 5.75 Å². The van der Waals surface area contributed by atoms with Gasteiger partial charge in [0, 0.05) is 0 Å².